The third kappa shape index (κ3) is 1.99. The first-order valence-electron chi connectivity index (χ1n) is 5.98. The van der Waals surface area contributed by atoms with Crippen molar-refractivity contribution in [2.24, 2.45) is 0 Å². The highest BCUT2D eigenvalue weighted by Crippen LogP contribution is 2.24. The van der Waals surface area contributed by atoms with Crippen molar-refractivity contribution in [3.63, 3.8) is 0 Å². The number of piperazine rings is 1. The Morgan fingerprint density at radius 3 is 2.50 bits per heavy atom. The Labute approximate surface area is 99.6 Å². The van der Waals surface area contributed by atoms with Gasteiger partial charge >= 0.3 is 0 Å². The fourth-order valence-corrected chi connectivity index (χ4v) is 2.98. The molecular weight excluding hydrogens is 222 g/mol. The van der Waals surface area contributed by atoms with Gasteiger partial charge in [0.15, 0.2) is 0 Å². The van der Waals surface area contributed by atoms with E-state index in [1.807, 2.05) is 0 Å². The molecule has 16 heavy (non-hydrogen) atoms. The van der Waals surface area contributed by atoms with Gasteiger partial charge in [0.1, 0.15) is 0 Å². The van der Waals surface area contributed by atoms with Crippen LogP contribution in [-0.2, 0) is 0 Å². The maximum absolute atomic E-state index is 4.65. The molecule has 1 N–H and O–H groups in total. The van der Waals surface area contributed by atoms with E-state index in [9.17, 15) is 0 Å². The first-order chi connectivity index (χ1) is 7.93. The third-order valence-corrected chi connectivity index (χ3v) is 3.95. The van der Waals surface area contributed by atoms with Gasteiger partial charge in [-0.1, -0.05) is 0 Å². The number of hydrogen-bond acceptors (Lipinski definition) is 6. The molecule has 88 valence electrons. The smallest absolute Gasteiger partial charge is 0.239 e. The molecule has 0 aliphatic carbocycles. The van der Waals surface area contributed by atoms with Gasteiger partial charge in [-0.2, -0.15) is 9.36 Å². The Kier molecular flexibility index (Phi) is 2.92. The minimum Gasteiger partial charge on any atom is -0.344 e. The number of nitrogens with zero attached hydrogens (tertiary/aromatic N) is 4. The number of hydrogen-bond donors (Lipinski definition) is 1. The Bertz CT molecular complexity index is 341. The Hall–Kier alpha value is -0.880. The largest absolute Gasteiger partial charge is 0.344 e. The quantitative estimate of drug-likeness (QED) is 0.816. The molecule has 2 fully saturated rings. The molecule has 0 saturated carbocycles. The van der Waals surface area contributed by atoms with Crippen LogP contribution in [0.1, 0.15) is 12.8 Å². The van der Waals surface area contributed by atoms with E-state index in [1.165, 1.54) is 24.4 Å². The maximum Gasteiger partial charge on any atom is 0.239 e. The number of nitrogens with one attached hydrogen (secondary N) is 1. The highest BCUT2D eigenvalue weighted by Gasteiger charge is 2.19. The molecule has 0 amide bonds. The maximum atomic E-state index is 4.65. The fourth-order valence-electron chi connectivity index (χ4n) is 2.24. The van der Waals surface area contributed by atoms with Crippen molar-refractivity contribution in [3.05, 3.63) is 0 Å². The molecule has 3 heterocycles. The summed E-state index contributed by atoms with van der Waals surface area (Å²) >= 11 is 1.54. The van der Waals surface area contributed by atoms with Crippen LogP contribution in [0, 0.1) is 0 Å². The lowest BCUT2D eigenvalue weighted by Gasteiger charge is -2.26. The summed E-state index contributed by atoms with van der Waals surface area (Å²) in [5, 5.41) is 4.44. The summed E-state index contributed by atoms with van der Waals surface area (Å²) in [5.74, 6) is 0.941. The van der Waals surface area contributed by atoms with Gasteiger partial charge in [-0.15, -0.1) is 0 Å². The minimum absolute atomic E-state index is 0.941. The summed E-state index contributed by atoms with van der Waals surface area (Å²) in [7, 11) is 0. The number of aromatic nitrogens is 2. The van der Waals surface area contributed by atoms with Gasteiger partial charge in [-0.3, -0.25) is 0 Å². The van der Waals surface area contributed by atoms with Crippen LogP contribution in [0.4, 0.5) is 11.1 Å². The van der Waals surface area contributed by atoms with Crippen molar-refractivity contribution < 1.29 is 0 Å². The van der Waals surface area contributed by atoms with E-state index in [0.29, 0.717) is 0 Å². The van der Waals surface area contributed by atoms with Crippen LogP contribution < -0.4 is 15.1 Å². The summed E-state index contributed by atoms with van der Waals surface area (Å²) in [5.41, 5.74) is 0. The summed E-state index contributed by atoms with van der Waals surface area (Å²) in [6.45, 7) is 6.45. The average molecular weight is 239 g/mol. The molecule has 2 aliphatic heterocycles. The molecular formula is C10H17N5S. The van der Waals surface area contributed by atoms with Crippen molar-refractivity contribution in [1.29, 1.82) is 0 Å². The molecule has 0 unspecified atom stereocenters. The number of anilines is 2. The third-order valence-electron chi connectivity index (χ3n) is 3.18. The van der Waals surface area contributed by atoms with E-state index < -0.39 is 0 Å². The summed E-state index contributed by atoms with van der Waals surface area (Å²) in [6.07, 6.45) is 2.56. The van der Waals surface area contributed by atoms with Crippen LogP contribution in [-0.4, -0.2) is 48.6 Å². The molecule has 0 atom stereocenters. The predicted molar refractivity (Wildman–Crippen MR) is 66.4 cm³/mol. The minimum atomic E-state index is 0.941. The van der Waals surface area contributed by atoms with E-state index in [2.05, 4.69) is 24.5 Å². The highest BCUT2D eigenvalue weighted by molar-refractivity contribution is 7.09. The van der Waals surface area contributed by atoms with Crippen molar-refractivity contribution in [2.45, 2.75) is 12.8 Å². The normalized spacial score (nSPS) is 21.8. The van der Waals surface area contributed by atoms with E-state index >= 15 is 0 Å². The van der Waals surface area contributed by atoms with Crippen LogP contribution in [0.5, 0.6) is 0 Å². The van der Waals surface area contributed by atoms with E-state index in [-0.39, 0.29) is 0 Å². The molecule has 0 bridgehead atoms. The molecule has 3 rings (SSSR count). The van der Waals surface area contributed by atoms with Crippen molar-refractivity contribution >= 4 is 22.6 Å². The molecule has 5 nitrogen and oxygen atoms in total. The molecule has 2 aliphatic rings. The second-order valence-electron chi connectivity index (χ2n) is 4.31. The topological polar surface area (TPSA) is 44.3 Å². The van der Waals surface area contributed by atoms with Crippen molar-refractivity contribution in [2.75, 3.05) is 49.1 Å². The van der Waals surface area contributed by atoms with Crippen LogP contribution in [0.15, 0.2) is 0 Å². The molecule has 1 aromatic rings. The van der Waals surface area contributed by atoms with Crippen molar-refractivity contribution in [3.8, 4) is 0 Å². The van der Waals surface area contributed by atoms with E-state index in [1.54, 1.807) is 0 Å². The van der Waals surface area contributed by atoms with E-state index in [0.717, 1.165) is 50.3 Å². The van der Waals surface area contributed by atoms with Crippen LogP contribution in [0.2, 0.25) is 0 Å². The van der Waals surface area contributed by atoms with Gasteiger partial charge in [0.25, 0.3) is 0 Å². The van der Waals surface area contributed by atoms with Gasteiger partial charge in [0, 0.05) is 50.8 Å². The van der Waals surface area contributed by atoms with Crippen LogP contribution in [0.3, 0.4) is 0 Å². The van der Waals surface area contributed by atoms with Gasteiger partial charge in [0.2, 0.25) is 11.1 Å². The van der Waals surface area contributed by atoms with E-state index in [4.69, 9.17) is 0 Å². The standard InChI is InChI=1S/C10H17N5S/c1-2-6-14(5-1)9-12-10(16-13-9)15-7-3-11-4-8-15/h11H,1-8H2. The molecule has 0 spiro atoms. The lowest BCUT2D eigenvalue weighted by molar-refractivity contribution is 0.588. The summed E-state index contributed by atoms with van der Waals surface area (Å²) in [4.78, 5) is 9.27. The van der Waals surface area contributed by atoms with Gasteiger partial charge in [0.05, 0.1) is 0 Å². The highest BCUT2D eigenvalue weighted by atomic mass is 32.1. The zero-order chi connectivity index (χ0) is 10.8. The zero-order valence-electron chi connectivity index (χ0n) is 9.35. The van der Waals surface area contributed by atoms with Crippen LogP contribution >= 0.6 is 11.5 Å². The SMILES string of the molecule is C1CCN(c2nsc(N3CCNCC3)n2)C1. The lowest BCUT2D eigenvalue weighted by Crippen LogP contribution is -2.43. The van der Waals surface area contributed by atoms with Crippen LogP contribution in [0.25, 0.3) is 0 Å². The molecule has 2 saturated heterocycles. The fraction of sp³-hybridized carbons (Fsp3) is 0.800. The molecule has 0 radical (unpaired) electrons. The summed E-state index contributed by atoms with van der Waals surface area (Å²) < 4.78 is 4.47. The Morgan fingerprint density at radius 1 is 1.00 bits per heavy atom. The molecule has 6 heteroatoms. The number of rotatable bonds is 2. The van der Waals surface area contributed by atoms with Gasteiger partial charge in [-0.25, -0.2) is 0 Å². The first-order valence-corrected chi connectivity index (χ1v) is 6.75. The zero-order valence-corrected chi connectivity index (χ0v) is 10.2. The second kappa shape index (κ2) is 4.55. The Morgan fingerprint density at radius 2 is 1.75 bits per heavy atom. The first kappa shape index (κ1) is 10.3. The Balaban J connectivity index is 1.71. The van der Waals surface area contributed by atoms with Crippen molar-refractivity contribution in [1.82, 2.24) is 14.7 Å². The average Bonchev–Trinajstić information content (AvgIpc) is 3.01. The van der Waals surface area contributed by atoms with Gasteiger partial charge < -0.3 is 15.1 Å². The predicted octanol–water partition coefficient (Wildman–Crippen LogP) is 0.548. The lowest BCUT2D eigenvalue weighted by atomic mass is 10.4. The second-order valence-corrected chi connectivity index (χ2v) is 5.04. The molecule has 1 aromatic heterocycles. The monoisotopic (exact) mass is 239 g/mol. The van der Waals surface area contributed by atoms with Gasteiger partial charge in [-0.05, 0) is 12.8 Å². The molecule has 0 aromatic carbocycles. The summed E-state index contributed by atoms with van der Waals surface area (Å²) in [6, 6.07) is 0.